The molecule has 0 aromatic heterocycles. The van der Waals surface area contributed by atoms with Crippen molar-refractivity contribution in [2.75, 3.05) is 26.2 Å². The molecular formula is C22H30N2O2. The molecule has 1 aromatic carbocycles. The summed E-state index contributed by atoms with van der Waals surface area (Å²) in [6.45, 7) is 4.19. The highest BCUT2D eigenvalue weighted by molar-refractivity contribution is 5.94. The molecule has 4 nitrogen and oxygen atoms in total. The Labute approximate surface area is 156 Å². The normalized spacial score (nSPS) is 25.6. The van der Waals surface area contributed by atoms with Crippen molar-refractivity contribution in [3.63, 3.8) is 0 Å². The molecule has 3 fully saturated rings. The molecular weight excluding hydrogens is 324 g/mol. The second-order valence-electron chi connectivity index (χ2n) is 8.73. The van der Waals surface area contributed by atoms with E-state index >= 15 is 0 Å². The summed E-state index contributed by atoms with van der Waals surface area (Å²) in [7, 11) is 0. The van der Waals surface area contributed by atoms with Crippen LogP contribution in [0.15, 0.2) is 18.2 Å². The quantitative estimate of drug-likeness (QED) is 0.813. The molecule has 0 atom stereocenters. The number of nitrogens with zero attached hydrogens (tertiary/aromatic N) is 2. The van der Waals surface area contributed by atoms with Crippen LogP contribution in [0, 0.1) is 0 Å². The van der Waals surface area contributed by atoms with Crippen LogP contribution in [0.1, 0.15) is 67.3 Å². The van der Waals surface area contributed by atoms with E-state index in [1.807, 2.05) is 11.0 Å². The summed E-state index contributed by atoms with van der Waals surface area (Å²) in [6.07, 6.45) is 10.9. The van der Waals surface area contributed by atoms with E-state index in [1.54, 1.807) is 0 Å². The van der Waals surface area contributed by atoms with Gasteiger partial charge >= 0.3 is 0 Å². The number of fused-ring (bicyclic) bond motifs is 1. The van der Waals surface area contributed by atoms with Crippen LogP contribution in [0.25, 0.3) is 0 Å². The first kappa shape index (κ1) is 16.6. The van der Waals surface area contributed by atoms with Crippen molar-refractivity contribution in [2.45, 2.75) is 69.4 Å². The maximum absolute atomic E-state index is 12.6. The lowest BCUT2D eigenvalue weighted by Gasteiger charge is -2.48. The lowest BCUT2D eigenvalue weighted by atomic mass is 9.81. The summed E-state index contributed by atoms with van der Waals surface area (Å²) >= 11 is 0. The van der Waals surface area contributed by atoms with Crippen LogP contribution < -0.4 is 4.74 Å². The van der Waals surface area contributed by atoms with Crippen LogP contribution in [0.3, 0.4) is 0 Å². The second kappa shape index (κ2) is 6.56. The van der Waals surface area contributed by atoms with E-state index < -0.39 is 0 Å². The molecule has 2 saturated heterocycles. The van der Waals surface area contributed by atoms with Crippen LogP contribution in [-0.2, 0) is 6.42 Å². The fourth-order valence-electron chi connectivity index (χ4n) is 5.16. The molecule has 140 valence electrons. The summed E-state index contributed by atoms with van der Waals surface area (Å²) in [5, 5.41) is 0. The Morgan fingerprint density at radius 2 is 1.77 bits per heavy atom. The first-order chi connectivity index (χ1) is 12.7. The molecule has 0 unspecified atom stereocenters. The van der Waals surface area contributed by atoms with Gasteiger partial charge < -0.3 is 14.5 Å². The Hall–Kier alpha value is -1.55. The zero-order valence-corrected chi connectivity index (χ0v) is 15.7. The zero-order chi connectivity index (χ0) is 17.6. The predicted octanol–water partition coefficient (Wildman–Crippen LogP) is 3.63. The van der Waals surface area contributed by atoms with Crippen molar-refractivity contribution < 1.29 is 9.53 Å². The van der Waals surface area contributed by atoms with Crippen LogP contribution in [0.2, 0.25) is 0 Å². The lowest BCUT2D eigenvalue weighted by Crippen LogP contribution is -2.53. The van der Waals surface area contributed by atoms with Crippen molar-refractivity contribution in [3.05, 3.63) is 29.3 Å². The molecule has 5 rings (SSSR count). The molecule has 1 amide bonds. The average Bonchev–Trinajstić information content (AvgIpc) is 3.16. The number of amides is 1. The molecule has 1 spiro atoms. The Balaban J connectivity index is 1.27. The van der Waals surface area contributed by atoms with Crippen molar-refractivity contribution in [1.82, 2.24) is 9.80 Å². The third-order valence-electron chi connectivity index (χ3n) is 7.18. The highest BCUT2D eigenvalue weighted by Gasteiger charge is 2.41. The minimum atomic E-state index is 0.0354. The second-order valence-corrected chi connectivity index (χ2v) is 8.73. The maximum Gasteiger partial charge on any atom is 0.253 e. The molecule has 1 aromatic rings. The van der Waals surface area contributed by atoms with Gasteiger partial charge in [0.05, 0.1) is 0 Å². The number of ether oxygens (including phenoxy) is 1. The van der Waals surface area contributed by atoms with Gasteiger partial charge in [-0.05, 0) is 75.1 Å². The molecule has 0 radical (unpaired) electrons. The van der Waals surface area contributed by atoms with E-state index in [9.17, 15) is 4.79 Å². The number of benzene rings is 1. The van der Waals surface area contributed by atoms with Gasteiger partial charge in [-0.3, -0.25) is 4.79 Å². The molecule has 1 aliphatic carbocycles. The summed E-state index contributed by atoms with van der Waals surface area (Å²) in [5.74, 6) is 1.21. The smallest absolute Gasteiger partial charge is 0.253 e. The third-order valence-corrected chi connectivity index (χ3v) is 7.18. The van der Waals surface area contributed by atoms with Gasteiger partial charge in [0.2, 0.25) is 0 Å². The van der Waals surface area contributed by atoms with Gasteiger partial charge in [0, 0.05) is 37.8 Å². The van der Waals surface area contributed by atoms with Crippen molar-refractivity contribution >= 4 is 5.91 Å². The molecule has 0 N–H and O–H groups in total. The number of hydrogen-bond donors (Lipinski definition) is 0. The van der Waals surface area contributed by atoms with Gasteiger partial charge in [0.15, 0.2) is 0 Å². The predicted molar refractivity (Wildman–Crippen MR) is 102 cm³/mol. The van der Waals surface area contributed by atoms with E-state index in [4.69, 9.17) is 4.74 Å². The van der Waals surface area contributed by atoms with E-state index in [-0.39, 0.29) is 11.5 Å². The lowest BCUT2D eigenvalue weighted by molar-refractivity contribution is -0.0337. The van der Waals surface area contributed by atoms with E-state index in [0.717, 1.165) is 69.0 Å². The number of rotatable bonds is 2. The van der Waals surface area contributed by atoms with Gasteiger partial charge in [-0.15, -0.1) is 0 Å². The topological polar surface area (TPSA) is 32.8 Å². The van der Waals surface area contributed by atoms with Crippen LogP contribution in [-0.4, -0.2) is 53.5 Å². The molecule has 1 saturated carbocycles. The van der Waals surface area contributed by atoms with Gasteiger partial charge in [-0.25, -0.2) is 0 Å². The number of likely N-dealkylation sites (tertiary alicyclic amines) is 2. The number of carbonyl (C=O) groups excluding carboxylic acids is 1. The van der Waals surface area contributed by atoms with Crippen LogP contribution >= 0.6 is 0 Å². The monoisotopic (exact) mass is 354 g/mol. The highest BCUT2D eigenvalue weighted by atomic mass is 16.5. The zero-order valence-electron chi connectivity index (χ0n) is 15.7. The van der Waals surface area contributed by atoms with Gasteiger partial charge in [-0.1, -0.05) is 6.42 Å². The fraction of sp³-hybridized carbons (Fsp3) is 0.682. The Morgan fingerprint density at radius 1 is 1.00 bits per heavy atom. The summed E-state index contributed by atoms with van der Waals surface area (Å²) in [6, 6.07) is 6.97. The number of hydrogen-bond acceptors (Lipinski definition) is 3. The number of piperidine rings is 1. The highest BCUT2D eigenvalue weighted by Crippen LogP contribution is 2.41. The average molecular weight is 354 g/mol. The largest absolute Gasteiger partial charge is 0.487 e. The van der Waals surface area contributed by atoms with Gasteiger partial charge in [0.1, 0.15) is 11.4 Å². The van der Waals surface area contributed by atoms with Crippen molar-refractivity contribution in [1.29, 1.82) is 0 Å². The Kier molecular flexibility index (Phi) is 4.19. The van der Waals surface area contributed by atoms with Gasteiger partial charge in [0.25, 0.3) is 5.91 Å². The number of aryl methyl sites for hydroxylation is 1. The van der Waals surface area contributed by atoms with E-state index in [1.165, 1.54) is 37.9 Å². The minimum absolute atomic E-state index is 0.0354. The summed E-state index contributed by atoms with van der Waals surface area (Å²) < 4.78 is 6.55. The first-order valence-electron chi connectivity index (χ1n) is 10.6. The van der Waals surface area contributed by atoms with E-state index in [2.05, 4.69) is 17.0 Å². The molecule has 26 heavy (non-hydrogen) atoms. The summed E-state index contributed by atoms with van der Waals surface area (Å²) in [4.78, 5) is 17.3. The molecule has 4 aliphatic rings. The van der Waals surface area contributed by atoms with Crippen molar-refractivity contribution in [3.8, 4) is 5.75 Å². The molecule has 4 heteroatoms. The van der Waals surface area contributed by atoms with Crippen LogP contribution in [0.4, 0.5) is 0 Å². The Morgan fingerprint density at radius 3 is 2.46 bits per heavy atom. The van der Waals surface area contributed by atoms with E-state index in [0.29, 0.717) is 0 Å². The SMILES string of the molecule is O=C(c1ccc2c(c1)CCC1(CCN(C3CCC3)CC1)O2)N1CCCC1. The van der Waals surface area contributed by atoms with Crippen LogP contribution in [0.5, 0.6) is 5.75 Å². The maximum atomic E-state index is 12.6. The number of carbonyl (C=O) groups is 1. The summed E-state index contributed by atoms with van der Waals surface area (Å²) in [5.41, 5.74) is 2.10. The minimum Gasteiger partial charge on any atom is -0.487 e. The third kappa shape index (κ3) is 2.92. The Bertz CT molecular complexity index is 683. The molecule has 3 aliphatic heterocycles. The molecule has 3 heterocycles. The van der Waals surface area contributed by atoms with Crippen molar-refractivity contribution in [2.24, 2.45) is 0 Å². The first-order valence-corrected chi connectivity index (χ1v) is 10.6. The fourth-order valence-corrected chi connectivity index (χ4v) is 5.16. The molecule has 0 bridgehead atoms. The van der Waals surface area contributed by atoms with Gasteiger partial charge in [-0.2, -0.15) is 0 Å². The standard InChI is InChI=1S/C22H30N2O2/c25-21(24-12-1-2-13-24)18-6-7-20-17(16-18)8-9-22(26-20)10-14-23(15-11-22)19-4-3-5-19/h6-7,16,19H,1-5,8-15H2.